The zero-order valence-corrected chi connectivity index (χ0v) is 12.5. The van der Waals surface area contributed by atoms with Crippen LogP contribution in [0.5, 0.6) is 0 Å². The first-order valence-corrected chi connectivity index (χ1v) is 6.94. The third-order valence-corrected chi connectivity index (χ3v) is 4.10. The fourth-order valence-electron chi connectivity index (χ4n) is 2.69. The number of hydrogen-bond donors (Lipinski definition) is 1. The maximum Gasteiger partial charge on any atom is 0.418 e. The Kier molecular flexibility index (Phi) is 4.25. The average molecular weight is 337 g/mol. The average Bonchev–Trinajstić information content (AvgIpc) is 2.39. The molecule has 1 saturated heterocycles. The van der Waals surface area contributed by atoms with Crippen molar-refractivity contribution in [1.82, 2.24) is 4.98 Å². The molecule has 1 aliphatic rings. The highest BCUT2D eigenvalue weighted by Crippen LogP contribution is 2.38. The summed E-state index contributed by atoms with van der Waals surface area (Å²) in [6, 6.07) is 0. The lowest BCUT2D eigenvalue weighted by Gasteiger charge is -2.38. The zero-order chi connectivity index (χ0) is 17.6. The van der Waals surface area contributed by atoms with E-state index in [1.54, 1.807) is 0 Å². The van der Waals surface area contributed by atoms with Crippen LogP contribution < -0.4 is 10.6 Å². The Bertz CT molecular complexity index is 630. The number of nitrogens with zero attached hydrogens (tertiary/aromatic N) is 2. The summed E-state index contributed by atoms with van der Waals surface area (Å²) in [4.78, 5) is 16.7. The highest BCUT2D eigenvalue weighted by atomic mass is 19.4. The fraction of sp³-hybridized carbons (Fsp3) is 0.571. The molecule has 0 aromatic carbocycles. The normalized spacial score (nSPS) is 21.3. The van der Waals surface area contributed by atoms with Crippen LogP contribution >= 0.6 is 0 Å². The number of aromatic nitrogens is 1. The van der Waals surface area contributed by atoms with Crippen LogP contribution in [0.2, 0.25) is 0 Å². The van der Waals surface area contributed by atoms with Crippen molar-refractivity contribution >= 4 is 11.7 Å². The Hall–Kier alpha value is -1.93. The molecule has 4 nitrogen and oxygen atoms in total. The molecule has 1 amide bonds. The Labute approximate surface area is 129 Å². The second kappa shape index (κ2) is 5.61. The van der Waals surface area contributed by atoms with Gasteiger partial charge in [0.05, 0.1) is 11.1 Å². The quantitative estimate of drug-likeness (QED) is 0.844. The third kappa shape index (κ3) is 3.23. The van der Waals surface area contributed by atoms with Gasteiger partial charge >= 0.3 is 6.18 Å². The van der Waals surface area contributed by atoms with Gasteiger partial charge in [-0.2, -0.15) is 13.2 Å². The molecule has 0 bridgehead atoms. The molecule has 9 heteroatoms. The summed E-state index contributed by atoms with van der Waals surface area (Å²) >= 11 is 0. The van der Waals surface area contributed by atoms with Gasteiger partial charge in [0, 0.05) is 31.6 Å². The van der Waals surface area contributed by atoms with E-state index in [0.29, 0.717) is 6.20 Å². The number of alkyl halides is 5. The fourth-order valence-corrected chi connectivity index (χ4v) is 2.69. The van der Waals surface area contributed by atoms with Gasteiger partial charge in [0.2, 0.25) is 0 Å². The molecule has 0 spiro atoms. The minimum absolute atomic E-state index is 0.0784. The molecule has 1 aromatic rings. The van der Waals surface area contributed by atoms with Crippen molar-refractivity contribution < 1.29 is 26.7 Å². The van der Waals surface area contributed by atoms with Crippen molar-refractivity contribution in [3.8, 4) is 0 Å². The van der Waals surface area contributed by atoms with Crippen molar-refractivity contribution in [3.05, 3.63) is 22.9 Å². The van der Waals surface area contributed by atoms with E-state index >= 15 is 0 Å². The van der Waals surface area contributed by atoms with E-state index in [2.05, 4.69) is 4.98 Å². The predicted octanol–water partition coefficient (Wildman–Crippen LogP) is 2.99. The molecule has 0 radical (unpaired) electrons. The van der Waals surface area contributed by atoms with E-state index in [9.17, 15) is 26.7 Å². The lowest BCUT2D eigenvalue weighted by molar-refractivity contribution is -0.138. The van der Waals surface area contributed by atoms with Crippen LogP contribution in [0.1, 0.15) is 34.8 Å². The molecule has 1 aromatic heterocycles. The number of pyridine rings is 1. The maximum atomic E-state index is 13.6. The summed E-state index contributed by atoms with van der Waals surface area (Å²) in [6.07, 6.45) is -4.54. The SMILES string of the molecule is Cc1c(C(F)(F)F)cnc(N2CCC(F)(F)C(C)C2)c1C(N)=O. The molecule has 128 valence electrons. The summed E-state index contributed by atoms with van der Waals surface area (Å²) in [5, 5.41) is 0. The summed E-state index contributed by atoms with van der Waals surface area (Å²) < 4.78 is 65.9. The van der Waals surface area contributed by atoms with Gasteiger partial charge in [-0.1, -0.05) is 6.92 Å². The largest absolute Gasteiger partial charge is 0.418 e. The molecular formula is C14H16F5N3O. The van der Waals surface area contributed by atoms with E-state index in [-0.39, 0.29) is 30.0 Å². The standard InChI is InChI=1S/C14H16F5N3O/c1-7-6-22(4-3-13(7,15)16)12-10(11(20)23)8(2)9(5-21-12)14(17,18)19/h5,7H,3-4,6H2,1-2H3,(H2,20,23). The number of rotatable bonds is 2. The Morgan fingerprint density at radius 2 is 2.04 bits per heavy atom. The molecule has 0 saturated carbocycles. The zero-order valence-electron chi connectivity index (χ0n) is 12.5. The Balaban J connectivity index is 2.48. The van der Waals surface area contributed by atoms with Gasteiger partial charge in [0.15, 0.2) is 0 Å². The Morgan fingerprint density at radius 3 is 2.52 bits per heavy atom. The van der Waals surface area contributed by atoms with Crippen molar-refractivity contribution in [2.24, 2.45) is 11.7 Å². The van der Waals surface area contributed by atoms with E-state index in [1.807, 2.05) is 0 Å². The van der Waals surface area contributed by atoms with E-state index in [4.69, 9.17) is 5.73 Å². The number of amides is 1. The smallest absolute Gasteiger partial charge is 0.365 e. The minimum atomic E-state index is -4.68. The molecule has 1 unspecified atom stereocenters. The van der Waals surface area contributed by atoms with Gasteiger partial charge in [0.1, 0.15) is 5.82 Å². The molecule has 0 aliphatic carbocycles. The number of carbonyl (C=O) groups excluding carboxylic acids is 1. The Morgan fingerprint density at radius 1 is 1.43 bits per heavy atom. The second-order valence-electron chi connectivity index (χ2n) is 5.72. The molecule has 1 atom stereocenters. The van der Waals surface area contributed by atoms with Gasteiger partial charge in [-0.25, -0.2) is 13.8 Å². The number of anilines is 1. The van der Waals surface area contributed by atoms with Gasteiger partial charge in [-0.05, 0) is 12.5 Å². The molecule has 1 aliphatic heterocycles. The van der Waals surface area contributed by atoms with E-state index < -0.39 is 35.9 Å². The topological polar surface area (TPSA) is 59.2 Å². The number of primary amides is 1. The van der Waals surface area contributed by atoms with Crippen LogP contribution in [-0.2, 0) is 6.18 Å². The van der Waals surface area contributed by atoms with Crippen LogP contribution in [0.3, 0.4) is 0 Å². The van der Waals surface area contributed by atoms with Crippen LogP contribution in [0.25, 0.3) is 0 Å². The molecule has 2 N–H and O–H groups in total. The van der Waals surface area contributed by atoms with E-state index in [1.165, 1.54) is 11.8 Å². The lowest BCUT2D eigenvalue weighted by atomic mass is 9.94. The summed E-state index contributed by atoms with van der Waals surface area (Å²) in [6.45, 7) is 2.23. The van der Waals surface area contributed by atoms with Gasteiger partial charge in [-0.15, -0.1) is 0 Å². The first-order chi connectivity index (χ1) is 10.4. The second-order valence-corrected chi connectivity index (χ2v) is 5.72. The molecule has 23 heavy (non-hydrogen) atoms. The highest BCUT2D eigenvalue weighted by Gasteiger charge is 2.43. The summed E-state index contributed by atoms with van der Waals surface area (Å²) in [5.74, 6) is -5.02. The molecular weight excluding hydrogens is 321 g/mol. The van der Waals surface area contributed by atoms with Gasteiger partial charge in [0.25, 0.3) is 11.8 Å². The van der Waals surface area contributed by atoms with Crippen LogP contribution in [0.4, 0.5) is 27.8 Å². The lowest BCUT2D eigenvalue weighted by Crippen LogP contribution is -2.47. The first kappa shape index (κ1) is 17.4. The summed E-state index contributed by atoms with van der Waals surface area (Å²) in [5.41, 5.74) is 3.41. The minimum Gasteiger partial charge on any atom is -0.365 e. The van der Waals surface area contributed by atoms with Crippen LogP contribution in [0.15, 0.2) is 6.20 Å². The number of hydrogen-bond acceptors (Lipinski definition) is 3. The van der Waals surface area contributed by atoms with Crippen LogP contribution in [0, 0.1) is 12.8 Å². The number of nitrogens with two attached hydrogens (primary N) is 1. The molecule has 2 rings (SSSR count). The first-order valence-electron chi connectivity index (χ1n) is 6.94. The van der Waals surface area contributed by atoms with Crippen molar-refractivity contribution in [3.63, 3.8) is 0 Å². The molecule has 2 heterocycles. The predicted molar refractivity (Wildman–Crippen MR) is 73.4 cm³/mol. The summed E-state index contributed by atoms with van der Waals surface area (Å²) in [7, 11) is 0. The van der Waals surface area contributed by atoms with E-state index in [0.717, 1.165) is 6.92 Å². The third-order valence-electron chi connectivity index (χ3n) is 4.10. The van der Waals surface area contributed by atoms with Crippen molar-refractivity contribution in [2.45, 2.75) is 32.4 Å². The number of piperidine rings is 1. The van der Waals surface area contributed by atoms with Crippen molar-refractivity contribution in [1.29, 1.82) is 0 Å². The van der Waals surface area contributed by atoms with Crippen LogP contribution in [-0.4, -0.2) is 29.9 Å². The maximum absolute atomic E-state index is 13.6. The molecule has 1 fully saturated rings. The van der Waals surface area contributed by atoms with Crippen molar-refractivity contribution in [2.75, 3.05) is 18.0 Å². The number of halogens is 5. The highest BCUT2D eigenvalue weighted by molar-refractivity contribution is 5.99. The number of carbonyl (C=O) groups is 1. The van der Waals surface area contributed by atoms with Gasteiger partial charge in [-0.3, -0.25) is 4.79 Å². The van der Waals surface area contributed by atoms with Gasteiger partial charge < -0.3 is 10.6 Å². The monoisotopic (exact) mass is 337 g/mol.